The van der Waals surface area contributed by atoms with Gasteiger partial charge in [-0.1, -0.05) is 17.7 Å². The molecular formula is C10H12ClNO2. The lowest BCUT2D eigenvalue weighted by Crippen LogP contribution is -2.22. The highest BCUT2D eigenvalue weighted by Gasteiger charge is 2.12. The van der Waals surface area contributed by atoms with Crippen molar-refractivity contribution in [2.45, 2.75) is 6.92 Å². The van der Waals surface area contributed by atoms with Crippen molar-refractivity contribution in [3.8, 4) is 5.75 Å². The van der Waals surface area contributed by atoms with E-state index in [0.717, 1.165) is 0 Å². The fourth-order valence-corrected chi connectivity index (χ4v) is 1.39. The van der Waals surface area contributed by atoms with Crippen LogP contribution in [0.25, 0.3) is 0 Å². The molecule has 0 fully saturated rings. The van der Waals surface area contributed by atoms with Gasteiger partial charge in [-0.3, -0.25) is 4.79 Å². The standard InChI is InChI=1S/C10H12ClNO2/c1-3-12-10(13)7-5-4-6-8(14-2)9(7)11/h4-6H,3H2,1-2H3,(H,12,13). The van der Waals surface area contributed by atoms with Crippen LogP contribution in [-0.4, -0.2) is 19.6 Å². The molecule has 0 aromatic heterocycles. The van der Waals surface area contributed by atoms with Gasteiger partial charge in [0.05, 0.1) is 17.7 Å². The van der Waals surface area contributed by atoms with E-state index in [1.807, 2.05) is 6.92 Å². The van der Waals surface area contributed by atoms with Crippen molar-refractivity contribution >= 4 is 17.5 Å². The van der Waals surface area contributed by atoms with Crippen molar-refractivity contribution in [1.82, 2.24) is 5.32 Å². The molecule has 14 heavy (non-hydrogen) atoms. The summed E-state index contributed by atoms with van der Waals surface area (Å²) in [6, 6.07) is 5.11. The summed E-state index contributed by atoms with van der Waals surface area (Å²) < 4.78 is 5.00. The number of hydrogen-bond donors (Lipinski definition) is 1. The summed E-state index contributed by atoms with van der Waals surface area (Å²) in [5.74, 6) is 0.326. The molecule has 0 aliphatic carbocycles. The van der Waals surface area contributed by atoms with Crippen LogP contribution in [0.4, 0.5) is 0 Å². The number of rotatable bonds is 3. The first-order valence-electron chi connectivity index (χ1n) is 4.31. The van der Waals surface area contributed by atoms with Gasteiger partial charge in [0.2, 0.25) is 0 Å². The normalized spacial score (nSPS) is 9.64. The van der Waals surface area contributed by atoms with Crippen LogP contribution in [0.2, 0.25) is 5.02 Å². The molecular weight excluding hydrogens is 202 g/mol. The molecule has 1 aromatic carbocycles. The fourth-order valence-electron chi connectivity index (χ4n) is 1.10. The molecule has 3 nitrogen and oxygen atoms in total. The molecule has 76 valence electrons. The third-order valence-corrected chi connectivity index (χ3v) is 2.16. The Labute approximate surface area is 88.0 Å². The lowest BCUT2D eigenvalue weighted by molar-refractivity contribution is 0.0955. The minimum atomic E-state index is -0.184. The zero-order chi connectivity index (χ0) is 10.6. The predicted octanol–water partition coefficient (Wildman–Crippen LogP) is 2.10. The minimum absolute atomic E-state index is 0.184. The molecule has 0 aliphatic heterocycles. The maximum absolute atomic E-state index is 11.5. The van der Waals surface area contributed by atoms with Crippen LogP contribution < -0.4 is 10.1 Å². The van der Waals surface area contributed by atoms with Gasteiger partial charge in [0.25, 0.3) is 5.91 Å². The van der Waals surface area contributed by atoms with Gasteiger partial charge in [-0.2, -0.15) is 0 Å². The third-order valence-electron chi connectivity index (χ3n) is 1.77. The lowest BCUT2D eigenvalue weighted by Gasteiger charge is -2.07. The van der Waals surface area contributed by atoms with Crippen molar-refractivity contribution < 1.29 is 9.53 Å². The molecule has 0 radical (unpaired) electrons. The number of hydrogen-bond acceptors (Lipinski definition) is 2. The summed E-state index contributed by atoms with van der Waals surface area (Å²) in [5.41, 5.74) is 0.438. The monoisotopic (exact) mass is 213 g/mol. The topological polar surface area (TPSA) is 38.3 Å². The molecule has 0 saturated carbocycles. The molecule has 0 bridgehead atoms. The Morgan fingerprint density at radius 2 is 2.29 bits per heavy atom. The maximum Gasteiger partial charge on any atom is 0.252 e. The van der Waals surface area contributed by atoms with Gasteiger partial charge in [-0.15, -0.1) is 0 Å². The Kier molecular flexibility index (Phi) is 3.77. The number of amides is 1. The average Bonchev–Trinajstić information content (AvgIpc) is 2.18. The van der Waals surface area contributed by atoms with Crippen molar-refractivity contribution in [2.24, 2.45) is 0 Å². The number of carbonyl (C=O) groups is 1. The van der Waals surface area contributed by atoms with Crippen LogP contribution in [0.5, 0.6) is 5.75 Å². The van der Waals surface area contributed by atoms with Gasteiger partial charge < -0.3 is 10.1 Å². The molecule has 1 N–H and O–H groups in total. The third kappa shape index (κ3) is 2.17. The minimum Gasteiger partial charge on any atom is -0.495 e. The molecule has 0 atom stereocenters. The average molecular weight is 214 g/mol. The van der Waals surface area contributed by atoms with E-state index in [1.54, 1.807) is 18.2 Å². The van der Waals surface area contributed by atoms with Gasteiger partial charge >= 0.3 is 0 Å². The van der Waals surface area contributed by atoms with E-state index in [1.165, 1.54) is 7.11 Å². The Balaban J connectivity index is 3.03. The predicted molar refractivity (Wildman–Crippen MR) is 56.0 cm³/mol. The van der Waals surface area contributed by atoms with Crippen molar-refractivity contribution in [1.29, 1.82) is 0 Å². The van der Waals surface area contributed by atoms with E-state index in [4.69, 9.17) is 16.3 Å². The van der Waals surface area contributed by atoms with Crippen LogP contribution in [0, 0.1) is 0 Å². The van der Waals surface area contributed by atoms with Crippen LogP contribution in [0.15, 0.2) is 18.2 Å². The summed E-state index contributed by atoms with van der Waals surface area (Å²) in [6.45, 7) is 2.43. The van der Waals surface area contributed by atoms with Gasteiger partial charge in [-0.25, -0.2) is 0 Å². The van der Waals surface area contributed by atoms with E-state index >= 15 is 0 Å². The molecule has 0 unspecified atom stereocenters. The van der Waals surface area contributed by atoms with Crippen LogP contribution in [-0.2, 0) is 0 Å². The number of nitrogens with one attached hydrogen (secondary N) is 1. The zero-order valence-corrected chi connectivity index (χ0v) is 8.89. The Bertz CT molecular complexity index is 339. The SMILES string of the molecule is CCNC(=O)c1cccc(OC)c1Cl. The van der Waals surface area contributed by atoms with Gasteiger partial charge in [0.15, 0.2) is 0 Å². The van der Waals surface area contributed by atoms with Crippen molar-refractivity contribution in [3.05, 3.63) is 28.8 Å². The molecule has 0 spiro atoms. The van der Waals surface area contributed by atoms with E-state index in [2.05, 4.69) is 5.32 Å². The molecule has 1 amide bonds. The van der Waals surface area contributed by atoms with Crippen molar-refractivity contribution in [2.75, 3.05) is 13.7 Å². The Morgan fingerprint density at radius 1 is 1.57 bits per heavy atom. The summed E-state index contributed by atoms with van der Waals surface area (Å²) >= 11 is 5.95. The smallest absolute Gasteiger partial charge is 0.252 e. The summed E-state index contributed by atoms with van der Waals surface area (Å²) in [7, 11) is 1.52. The Morgan fingerprint density at radius 3 is 2.86 bits per heavy atom. The molecule has 0 aliphatic rings. The summed E-state index contributed by atoms with van der Waals surface area (Å²) in [6.07, 6.45) is 0. The molecule has 0 saturated heterocycles. The van der Waals surface area contributed by atoms with E-state index in [0.29, 0.717) is 22.9 Å². The first-order valence-corrected chi connectivity index (χ1v) is 4.69. The van der Waals surface area contributed by atoms with Crippen LogP contribution in [0.3, 0.4) is 0 Å². The highest BCUT2D eigenvalue weighted by Crippen LogP contribution is 2.27. The zero-order valence-electron chi connectivity index (χ0n) is 8.13. The molecule has 0 heterocycles. The first-order chi connectivity index (χ1) is 6.70. The number of carbonyl (C=O) groups excluding carboxylic acids is 1. The fraction of sp³-hybridized carbons (Fsp3) is 0.300. The van der Waals surface area contributed by atoms with Crippen molar-refractivity contribution in [3.63, 3.8) is 0 Å². The quantitative estimate of drug-likeness (QED) is 0.835. The van der Waals surface area contributed by atoms with Gasteiger partial charge in [-0.05, 0) is 19.1 Å². The molecule has 1 rings (SSSR count). The number of halogens is 1. The highest BCUT2D eigenvalue weighted by molar-refractivity contribution is 6.35. The first kappa shape index (κ1) is 10.9. The molecule has 1 aromatic rings. The highest BCUT2D eigenvalue weighted by atomic mass is 35.5. The summed E-state index contributed by atoms with van der Waals surface area (Å²) in [4.78, 5) is 11.5. The number of benzene rings is 1. The van der Waals surface area contributed by atoms with Gasteiger partial charge in [0.1, 0.15) is 5.75 Å². The largest absolute Gasteiger partial charge is 0.495 e. The van der Waals surface area contributed by atoms with E-state index in [9.17, 15) is 4.79 Å². The van der Waals surface area contributed by atoms with E-state index in [-0.39, 0.29) is 5.91 Å². The molecule has 4 heteroatoms. The second-order valence-corrected chi connectivity index (χ2v) is 3.06. The van der Waals surface area contributed by atoms with Crippen LogP contribution in [0.1, 0.15) is 17.3 Å². The number of methoxy groups -OCH3 is 1. The number of ether oxygens (including phenoxy) is 1. The lowest BCUT2D eigenvalue weighted by atomic mass is 10.2. The second kappa shape index (κ2) is 4.86. The Hall–Kier alpha value is -1.22. The van der Waals surface area contributed by atoms with E-state index < -0.39 is 0 Å². The second-order valence-electron chi connectivity index (χ2n) is 2.68. The maximum atomic E-state index is 11.5. The van der Waals surface area contributed by atoms with Gasteiger partial charge in [0, 0.05) is 6.54 Å². The van der Waals surface area contributed by atoms with Crippen LogP contribution >= 0.6 is 11.6 Å². The summed E-state index contributed by atoms with van der Waals surface area (Å²) in [5, 5.41) is 3.02.